The average molecular weight is 350 g/mol. The predicted octanol–water partition coefficient (Wildman–Crippen LogP) is 5.81. The van der Waals surface area contributed by atoms with E-state index in [2.05, 4.69) is 54.2 Å². The van der Waals surface area contributed by atoms with Crippen molar-refractivity contribution in [3.8, 4) is 0 Å². The molecule has 1 aromatic carbocycles. The quantitative estimate of drug-likeness (QED) is 0.755. The van der Waals surface area contributed by atoms with E-state index in [1.165, 1.54) is 25.7 Å². The van der Waals surface area contributed by atoms with Gasteiger partial charge in [0.25, 0.3) is 0 Å². The maximum atomic E-state index is 6.01. The summed E-state index contributed by atoms with van der Waals surface area (Å²) in [5, 5.41) is 4.96. The van der Waals surface area contributed by atoms with Crippen LogP contribution in [0.4, 0.5) is 0 Å². The van der Waals surface area contributed by atoms with Gasteiger partial charge in [0, 0.05) is 15.9 Å². The lowest BCUT2D eigenvalue weighted by molar-refractivity contribution is 0.154. The summed E-state index contributed by atoms with van der Waals surface area (Å²) >= 11 is 3.52. The SMILES string of the molecule is CC(NC1CCCCC1(C)C)c1cc2cc(Br)ccc2o1. The smallest absolute Gasteiger partial charge is 0.134 e. The highest BCUT2D eigenvalue weighted by molar-refractivity contribution is 9.10. The van der Waals surface area contributed by atoms with Crippen LogP contribution in [0.5, 0.6) is 0 Å². The second-order valence-corrected chi connectivity index (χ2v) is 7.92. The standard InChI is InChI=1S/C18H24BrNO/c1-12(20-17-6-4-5-9-18(17,2)3)16-11-13-10-14(19)7-8-15(13)21-16/h7-8,10-12,17,20H,4-6,9H2,1-3H3. The van der Waals surface area contributed by atoms with Crippen molar-refractivity contribution in [1.82, 2.24) is 5.32 Å². The maximum absolute atomic E-state index is 6.01. The predicted molar refractivity (Wildman–Crippen MR) is 91.5 cm³/mol. The Morgan fingerprint density at radius 1 is 1.29 bits per heavy atom. The fourth-order valence-corrected chi connectivity index (χ4v) is 3.81. The van der Waals surface area contributed by atoms with E-state index in [1.807, 2.05) is 12.1 Å². The minimum Gasteiger partial charge on any atom is -0.459 e. The molecule has 1 aliphatic carbocycles. The Labute approximate surface area is 135 Å². The van der Waals surface area contributed by atoms with E-state index in [9.17, 15) is 0 Å². The Morgan fingerprint density at radius 2 is 2.10 bits per heavy atom. The van der Waals surface area contributed by atoms with Crippen LogP contribution in [-0.4, -0.2) is 6.04 Å². The van der Waals surface area contributed by atoms with Gasteiger partial charge in [-0.25, -0.2) is 0 Å². The fourth-order valence-electron chi connectivity index (χ4n) is 3.44. The molecule has 1 aliphatic rings. The van der Waals surface area contributed by atoms with E-state index >= 15 is 0 Å². The highest BCUT2D eigenvalue weighted by Crippen LogP contribution is 2.37. The second-order valence-electron chi connectivity index (χ2n) is 7.01. The Balaban J connectivity index is 1.78. The van der Waals surface area contributed by atoms with Gasteiger partial charge in [-0.1, -0.05) is 42.6 Å². The van der Waals surface area contributed by atoms with Crippen LogP contribution in [-0.2, 0) is 0 Å². The minimum absolute atomic E-state index is 0.249. The summed E-state index contributed by atoms with van der Waals surface area (Å²) in [6, 6.07) is 9.14. The molecule has 0 saturated heterocycles. The number of rotatable bonds is 3. The van der Waals surface area contributed by atoms with Crippen molar-refractivity contribution < 1.29 is 4.42 Å². The molecule has 1 heterocycles. The van der Waals surface area contributed by atoms with E-state index in [4.69, 9.17) is 4.42 Å². The number of nitrogens with one attached hydrogen (secondary N) is 1. The van der Waals surface area contributed by atoms with Crippen LogP contribution in [0, 0.1) is 5.41 Å². The Bertz CT molecular complexity index is 631. The molecule has 0 bridgehead atoms. The van der Waals surface area contributed by atoms with E-state index in [1.54, 1.807) is 0 Å². The Morgan fingerprint density at radius 3 is 2.86 bits per heavy atom. The molecule has 2 aromatic rings. The molecule has 21 heavy (non-hydrogen) atoms. The zero-order valence-electron chi connectivity index (χ0n) is 13.1. The Hall–Kier alpha value is -0.800. The Kier molecular flexibility index (Phi) is 4.15. The highest BCUT2D eigenvalue weighted by atomic mass is 79.9. The summed E-state index contributed by atoms with van der Waals surface area (Å²) in [6.45, 7) is 6.97. The van der Waals surface area contributed by atoms with Crippen LogP contribution < -0.4 is 5.32 Å². The van der Waals surface area contributed by atoms with Crippen LogP contribution >= 0.6 is 15.9 Å². The van der Waals surface area contributed by atoms with Crippen molar-refractivity contribution >= 4 is 26.9 Å². The maximum Gasteiger partial charge on any atom is 0.134 e. The van der Waals surface area contributed by atoms with Gasteiger partial charge in [0.15, 0.2) is 0 Å². The zero-order valence-corrected chi connectivity index (χ0v) is 14.7. The molecular formula is C18H24BrNO. The van der Waals surface area contributed by atoms with Gasteiger partial charge in [0.1, 0.15) is 11.3 Å². The third kappa shape index (κ3) is 3.19. The van der Waals surface area contributed by atoms with E-state index in [0.717, 1.165) is 21.2 Å². The summed E-state index contributed by atoms with van der Waals surface area (Å²) < 4.78 is 7.11. The molecule has 114 valence electrons. The van der Waals surface area contributed by atoms with E-state index in [-0.39, 0.29) is 6.04 Å². The molecule has 0 spiro atoms. The zero-order chi connectivity index (χ0) is 15.0. The lowest BCUT2D eigenvalue weighted by Gasteiger charge is -2.40. The van der Waals surface area contributed by atoms with Gasteiger partial charge in [-0.05, 0) is 49.4 Å². The first-order chi connectivity index (χ1) is 9.95. The topological polar surface area (TPSA) is 25.2 Å². The summed E-state index contributed by atoms with van der Waals surface area (Å²) in [5.74, 6) is 1.03. The number of halogens is 1. The molecular weight excluding hydrogens is 326 g/mol. The van der Waals surface area contributed by atoms with E-state index < -0.39 is 0 Å². The number of benzene rings is 1. The molecule has 1 aromatic heterocycles. The van der Waals surface area contributed by atoms with Crippen LogP contribution in [0.3, 0.4) is 0 Å². The molecule has 2 nitrogen and oxygen atoms in total. The largest absolute Gasteiger partial charge is 0.459 e. The van der Waals surface area contributed by atoms with Gasteiger partial charge in [-0.2, -0.15) is 0 Å². The van der Waals surface area contributed by atoms with E-state index in [0.29, 0.717) is 11.5 Å². The molecule has 0 aliphatic heterocycles. The molecule has 2 unspecified atom stereocenters. The average Bonchev–Trinajstić information content (AvgIpc) is 2.84. The van der Waals surface area contributed by atoms with Crippen molar-refractivity contribution in [1.29, 1.82) is 0 Å². The first-order valence-electron chi connectivity index (χ1n) is 7.91. The van der Waals surface area contributed by atoms with Crippen molar-refractivity contribution in [2.24, 2.45) is 5.41 Å². The first-order valence-corrected chi connectivity index (χ1v) is 8.70. The summed E-state index contributed by atoms with van der Waals surface area (Å²) in [6.07, 6.45) is 5.27. The normalized spacial score (nSPS) is 23.3. The van der Waals surface area contributed by atoms with Gasteiger partial charge in [0.05, 0.1) is 6.04 Å². The van der Waals surface area contributed by atoms with Crippen LogP contribution in [0.15, 0.2) is 33.2 Å². The van der Waals surface area contributed by atoms with Gasteiger partial charge in [0.2, 0.25) is 0 Å². The molecule has 3 heteroatoms. The molecule has 0 radical (unpaired) electrons. The molecule has 1 N–H and O–H groups in total. The number of hydrogen-bond acceptors (Lipinski definition) is 2. The molecule has 1 saturated carbocycles. The minimum atomic E-state index is 0.249. The van der Waals surface area contributed by atoms with Gasteiger partial charge in [-0.15, -0.1) is 0 Å². The van der Waals surface area contributed by atoms with Crippen molar-refractivity contribution in [3.63, 3.8) is 0 Å². The lowest BCUT2D eigenvalue weighted by atomic mass is 9.73. The molecule has 1 fully saturated rings. The number of hydrogen-bond donors (Lipinski definition) is 1. The second kappa shape index (κ2) is 5.77. The first kappa shape index (κ1) is 15.1. The van der Waals surface area contributed by atoms with Crippen LogP contribution in [0.1, 0.15) is 58.3 Å². The highest BCUT2D eigenvalue weighted by Gasteiger charge is 2.33. The summed E-state index contributed by atoms with van der Waals surface area (Å²) in [4.78, 5) is 0. The third-order valence-corrected chi connectivity index (χ3v) is 5.38. The monoisotopic (exact) mass is 349 g/mol. The molecule has 2 atom stereocenters. The third-order valence-electron chi connectivity index (χ3n) is 4.88. The fraction of sp³-hybridized carbons (Fsp3) is 0.556. The molecule has 0 amide bonds. The molecule has 3 rings (SSSR count). The van der Waals surface area contributed by atoms with Crippen molar-refractivity contribution in [2.75, 3.05) is 0 Å². The lowest BCUT2D eigenvalue weighted by Crippen LogP contribution is -2.45. The van der Waals surface area contributed by atoms with Crippen LogP contribution in [0.25, 0.3) is 11.0 Å². The van der Waals surface area contributed by atoms with Gasteiger partial charge in [-0.3, -0.25) is 0 Å². The number of furan rings is 1. The van der Waals surface area contributed by atoms with Gasteiger partial charge < -0.3 is 9.73 Å². The number of fused-ring (bicyclic) bond motifs is 1. The summed E-state index contributed by atoms with van der Waals surface area (Å²) in [5.41, 5.74) is 1.34. The van der Waals surface area contributed by atoms with Gasteiger partial charge >= 0.3 is 0 Å². The van der Waals surface area contributed by atoms with Crippen LogP contribution in [0.2, 0.25) is 0 Å². The van der Waals surface area contributed by atoms with Crippen molar-refractivity contribution in [2.45, 2.75) is 58.5 Å². The summed E-state index contributed by atoms with van der Waals surface area (Å²) in [7, 11) is 0. The van der Waals surface area contributed by atoms with Crippen molar-refractivity contribution in [3.05, 3.63) is 34.5 Å².